The van der Waals surface area contributed by atoms with Crippen LogP contribution in [0, 0.1) is 0 Å². The lowest BCUT2D eigenvalue weighted by molar-refractivity contribution is -0.130. The average Bonchev–Trinajstić information content (AvgIpc) is 3.34. The Kier molecular flexibility index (Phi) is 4.71. The summed E-state index contributed by atoms with van der Waals surface area (Å²) < 4.78 is 7.68. The van der Waals surface area contributed by atoms with E-state index in [0.717, 1.165) is 29.7 Å². The molecular formula is C21H23N3O2. The van der Waals surface area contributed by atoms with E-state index in [2.05, 4.69) is 35.0 Å². The molecule has 0 radical (unpaired) electrons. The molecule has 2 aromatic carbocycles. The largest absolute Gasteiger partial charge is 0.368 e. The van der Waals surface area contributed by atoms with Crippen LogP contribution in [0.4, 0.5) is 0 Å². The molecule has 134 valence electrons. The van der Waals surface area contributed by atoms with Gasteiger partial charge in [-0.25, -0.2) is 4.98 Å². The molecule has 1 aliphatic rings. The topological polar surface area (TPSA) is 56.2 Å². The van der Waals surface area contributed by atoms with Gasteiger partial charge in [-0.15, -0.1) is 0 Å². The predicted molar refractivity (Wildman–Crippen MR) is 101 cm³/mol. The van der Waals surface area contributed by atoms with Crippen molar-refractivity contribution in [1.82, 2.24) is 14.9 Å². The number of nitrogens with zero attached hydrogens (tertiary/aromatic N) is 2. The van der Waals surface area contributed by atoms with E-state index >= 15 is 0 Å². The number of hydrogen-bond donors (Lipinski definition) is 1. The average molecular weight is 349 g/mol. The van der Waals surface area contributed by atoms with Crippen LogP contribution < -0.4 is 5.32 Å². The van der Waals surface area contributed by atoms with Crippen molar-refractivity contribution in [2.75, 3.05) is 6.61 Å². The van der Waals surface area contributed by atoms with Gasteiger partial charge in [0.1, 0.15) is 11.9 Å². The smallest absolute Gasteiger partial charge is 0.249 e. The number of para-hydroxylation sites is 2. The number of hydrogen-bond acceptors (Lipinski definition) is 3. The predicted octanol–water partition coefficient (Wildman–Crippen LogP) is 3.44. The summed E-state index contributed by atoms with van der Waals surface area (Å²) in [5.41, 5.74) is 3.23. The number of carbonyl (C=O) groups excluding carboxylic acids is 1. The number of rotatable bonds is 5. The van der Waals surface area contributed by atoms with Crippen LogP contribution in [0.1, 0.15) is 37.2 Å². The molecule has 5 nitrogen and oxygen atoms in total. The van der Waals surface area contributed by atoms with Crippen LogP contribution in [0.15, 0.2) is 54.6 Å². The molecule has 0 spiro atoms. The van der Waals surface area contributed by atoms with Crippen LogP contribution in [0.3, 0.4) is 0 Å². The molecule has 3 aromatic rings. The van der Waals surface area contributed by atoms with Crippen molar-refractivity contribution in [3.8, 4) is 0 Å². The Morgan fingerprint density at radius 1 is 1.23 bits per heavy atom. The molecule has 4 rings (SSSR count). The quantitative estimate of drug-likeness (QED) is 0.768. The summed E-state index contributed by atoms with van der Waals surface area (Å²) >= 11 is 0. The fraction of sp³-hybridized carbons (Fsp3) is 0.333. The van der Waals surface area contributed by atoms with E-state index in [1.54, 1.807) is 0 Å². The summed E-state index contributed by atoms with van der Waals surface area (Å²) in [6.07, 6.45) is 1.42. The first-order chi connectivity index (χ1) is 12.7. The van der Waals surface area contributed by atoms with Gasteiger partial charge in [-0.05, 0) is 37.5 Å². The first-order valence-corrected chi connectivity index (χ1v) is 9.14. The van der Waals surface area contributed by atoms with Crippen molar-refractivity contribution in [1.29, 1.82) is 0 Å². The minimum absolute atomic E-state index is 0.0477. The minimum atomic E-state index is -0.320. The molecule has 5 heteroatoms. The van der Waals surface area contributed by atoms with Crippen molar-refractivity contribution in [3.05, 3.63) is 66.0 Å². The zero-order chi connectivity index (χ0) is 17.9. The maximum atomic E-state index is 12.3. The van der Waals surface area contributed by atoms with Crippen LogP contribution in [0.5, 0.6) is 0 Å². The van der Waals surface area contributed by atoms with Crippen LogP contribution in [-0.4, -0.2) is 28.2 Å². The molecule has 1 fully saturated rings. The number of aromatic nitrogens is 2. The second-order valence-corrected chi connectivity index (χ2v) is 6.69. The SMILES string of the molecule is CC(c1ccccc1)n1c(CNC(=O)C2CCCO2)nc2ccccc21. The van der Waals surface area contributed by atoms with E-state index in [0.29, 0.717) is 13.2 Å². The number of imidazole rings is 1. The molecule has 2 unspecified atom stereocenters. The first-order valence-electron chi connectivity index (χ1n) is 9.14. The maximum absolute atomic E-state index is 12.3. The Hall–Kier alpha value is -2.66. The summed E-state index contributed by atoms with van der Waals surface area (Å²) in [5, 5.41) is 3.00. The highest BCUT2D eigenvalue weighted by atomic mass is 16.5. The second-order valence-electron chi connectivity index (χ2n) is 6.69. The fourth-order valence-electron chi connectivity index (χ4n) is 3.60. The van der Waals surface area contributed by atoms with Crippen LogP contribution >= 0.6 is 0 Å². The Bertz CT molecular complexity index is 898. The molecule has 1 N–H and O–H groups in total. The molecule has 0 aliphatic carbocycles. The number of nitrogens with one attached hydrogen (secondary N) is 1. The molecule has 0 bridgehead atoms. The van der Waals surface area contributed by atoms with Gasteiger partial charge in [-0.3, -0.25) is 4.79 Å². The monoisotopic (exact) mass is 349 g/mol. The summed E-state index contributed by atoms with van der Waals surface area (Å²) in [6, 6.07) is 18.6. The third-order valence-electron chi connectivity index (χ3n) is 4.98. The minimum Gasteiger partial charge on any atom is -0.368 e. The van der Waals surface area contributed by atoms with Crippen molar-refractivity contribution in [3.63, 3.8) is 0 Å². The number of benzene rings is 2. The molecule has 1 amide bonds. The van der Waals surface area contributed by atoms with Gasteiger partial charge in [0.25, 0.3) is 0 Å². The molecular weight excluding hydrogens is 326 g/mol. The summed E-state index contributed by atoms with van der Waals surface area (Å²) in [4.78, 5) is 17.1. The highest BCUT2D eigenvalue weighted by Gasteiger charge is 2.24. The number of carbonyl (C=O) groups is 1. The maximum Gasteiger partial charge on any atom is 0.249 e. The van der Waals surface area contributed by atoms with Crippen molar-refractivity contribution >= 4 is 16.9 Å². The van der Waals surface area contributed by atoms with Gasteiger partial charge in [0.15, 0.2) is 0 Å². The highest BCUT2D eigenvalue weighted by Crippen LogP contribution is 2.26. The van der Waals surface area contributed by atoms with Crippen LogP contribution in [0.25, 0.3) is 11.0 Å². The zero-order valence-corrected chi connectivity index (χ0v) is 14.9. The molecule has 1 aromatic heterocycles. The van der Waals surface area contributed by atoms with Crippen molar-refractivity contribution < 1.29 is 9.53 Å². The summed E-state index contributed by atoms with van der Waals surface area (Å²) in [5.74, 6) is 0.808. The van der Waals surface area contributed by atoms with E-state index in [1.807, 2.05) is 36.4 Å². The molecule has 2 atom stereocenters. The Morgan fingerprint density at radius 3 is 2.77 bits per heavy atom. The van der Waals surface area contributed by atoms with Gasteiger partial charge in [-0.2, -0.15) is 0 Å². The summed E-state index contributed by atoms with van der Waals surface area (Å²) in [7, 11) is 0. The Morgan fingerprint density at radius 2 is 2.00 bits per heavy atom. The fourth-order valence-corrected chi connectivity index (χ4v) is 3.60. The highest BCUT2D eigenvalue weighted by molar-refractivity contribution is 5.81. The van der Waals surface area contributed by atoms with E-state index < -0.39 is 0 Å². The van der Waals surface area contributed by atoms with Gasteiger partial charge >= 0.3 is 0 Å². The molecule has 2 heterocycles. The third-order valence-corrected chi connectivity index (χ3v) is 4.98. The standard InChI is InChI=1S/C21H23N3O2/c1-15(16-8-3-2-4-9-16)24-18-11-6-5-10-17(18)23-20(24)14-22-21(25)19-12-7-13-26-19/h2-6,8-11,15,19H,7,12-14H2,1H3,(H,22,25). The number of amides is 1. The molecule has 1 saturated heterocycles. The normalized spacial score (nSPS) is 18.1. The van der Waals surface area contributed by atoms with E-state index in [-0.39, 0.29) is 18.1 Å². The van der Waals surface area contributed by atoms with Gasteiger partial charge in [-0.1, -0.05) is 42.5 Å². The summed E-state index contributed by atoms with van der Waals surface area (Å²) in [6.45, 7) is 3.22. The second kappa shape index (κ2) is 7.30. The number of ether oxygens (including phenoxy) is 1. The van der Waals surface area contributed by atoms with Gasteiger partial charge in [0.05, 0.1) is 23.6 Å². The lowest BCUT2D eigenvalue weighted by Crippen LogP contribution is -2.34. The number of fused-ring (bicyclic) bond motifs is 1. The lowest BCUT2D eigenvalue weighted by atomic mass is 10.1. The van der Waals surface area contributed by atoms with Gasteiger partial charge in [0.2, 0.25) is 5.91 Å². The third kappa shape index (κ3) is 3.22. The molecule has 26 heavy (non-hydrogen) atoms. The molecule has 1 aliphatic heterocycles. The lowest BCUT2D eigenvalue weighted by Gasteiger charge is -2.19. The van der Waals surface area contributed by atoms with Crippen molar-refractivity contribution in [2.24, 2.45) is 0 Å². The van der Waals surface area contributed by atoms with Crippen molar-refractivity contribution in [2.45, 2.75) is 38.5 Å². The van der Waals surface area contributed by atoms with E-state index in [1.165, 1.54) is 5.56 Å². The van der Waals surface area contributed by atoms with Crippen LogP contribution in [-0.2, 0) is 16.1 Å². The first kappa shape index (κ1) is 16.8. The Labute approximate surface area is 153 Å². The van der Waals surface area contributed by atoms with Gasteiger partial charge < -0.3 is 14.6 Å². The Balaban J connectivity index is 1.64. The molecule has 0 saturated carbocycles. The van der Waals surface area contributed by atoms with Crippen LogP contribution in [0.2, 0.25) is 0 Å². The zero-order valence-electron chi connectivity index (χ0n) is 14.9. The van der Waals surface area contributed by atoms with Gasteiger partial charge in [0, 0.05) is 6.61 Å². The van der Waals surface area contributed by atoms with E-state index in [9.17, 15) is 4.79 Å². The van der Waals surface area contributed by atoms with E-state index in [4.69, 9.17) is 9.72 Å².